The van der Waals surface area contributed by atoms with E-state index in [0.29, 0.717) is 12.2 Å². The second-order valence-electron chi connectivity index (χ2n) is 5.88. The van der Waals surface area contributed by atoms with E-state index in [1.165, 1.54) is 12.1 Å². The number of hydrogen-bond acceptors (Lipinski definition) is 6. The number of anilines is 2. The average Bonchev–Trinajstić information content (AvgIpc) is 2.52. The lowest BCUT2D eigenvalue weighted by Crippen LogP contribution is -2.13. The molecule has 0 spiro atoms. The number of nitrogens with one attached hydrogen (secondary N) is 1. The molecule has 0 saturated carbocycles. The Morgan fingerprint density at radius 3 is 2.40 bits per heavy atom. The number of nitro benzene ring substituents is 1. The highest BCUT2D eigenvalue weighted by Gasteiger charge is 2.16. The molecular weight excluding hydrogens is 344 g/mol. The number of nitro groups is 1. The summed E-state index contributed by atoms with van der Waals surface area (Å²) in [6, 6.07) is 9.45. The standard InChI is InChI=1S/C16H20N4O4S/c1-11-6-14(19(2)3)5-4-12(11)10-18-13-7-15(20(21)22)9-16(8-13)25(17,23)24/h4-9,18H,10H2,1-3H3,(H2,17,23,24). The van der Waals surface area contributed by atoms with Crippen LogP contribution in [0.5, 0.6) is 0 Å². The van der Waals surface area contributed by atoms with Gasteiger partial charge in [0.2, 0.25) is 10.0 Å². The highest BCUT2D eigenvalue weighted by Crippen LogP contribution is 2.24. The molecule has 0 aliphatic rings. The van der Waals surface area contributed by atoms with E-state index in [0.717, 1.165) is 22.9 Å². The smallest absolute Gasteiger partial charge is 0.272 e. The number of non-ortho nitro benzene ring substituents is 1. The van der Waals surface area contributed by atoms with Gasteiger partial charge in [-0.25, -0.2) is 13.6 Å². The summed E-state index contributed by atoms with van der Waals surface area (Å²) in [5.41, 5.74) is 3.08. The lowest BCUT2D eigenvalue weighted by molar-refractivity contribution is -0.385. The summed E-state index contributed by atoms with van der Waals surface area (Å²) in [7, 11) is -0.140. The SMILES string of the molecule is Cc1cc(N(C)C)ccc1CNc1cc([N+](=O)[O-])cc(S(N)(=O)=O)c1. The van der Waals surface area contributed by atoms with Gasteiger partial charge in [-0.2, -0.15) is 0 Å². The molecule has 2 aromatic carbocycles. The number of rotatable bonds is 6. The first-order valence-corrected chi connectivity index (χ1v) is 8.95. The fourth-order valence-electron chi connectivity index (χ4n) is 2.31. The zero-order valence-electron chi connectivity index (χ0n) is 14.2. The highest BCUT2D eigenvalue weighted by atomic mass is 32.2. The van der Waals surface area contributed by atoms with Crippen molar-refractivity contribution in [2.24, 2.45) is 5.14 Å². The topological polar surface area (TPSA) is 119 Å². The molecule has 0 heterocycles. The maximum absolute atomic E-state index is 11.5. The zero-order chi connectivity index (χ0) is 18.8. The molecule has 3 N–H and O–H groups in total. The van der Waals surface area contributed by atoms with Crippen LogP contribution in [0.3, 0.4) is 0 Å². The van der Waals surface area contributed by atoms with Crippen molar-refractivity contribution in [1.29, 1.82) is 0 Å². The second kappa shape index (κ2) is 7.08. The summed E-state index contributed by atoms with van der Waals surface area (Å²) >= 11 is 0. The van der Waals surface area contributed by atoms with Crippen molar-refractivity contribution in [3.05, 3.63) is 57.6 Å². The van der Waals surface area contributed by atoms with E-state index in [-0.39, 0.29) is 10.6 Å². The lowest BCUT2D eigenvalue weighted by atomic mass is 10.1. The predicted octanol–water partition coefficient (Wildman–Crippen LogP) is 2.23. The fraction of sp³-hybridized carbons (Fsp3) is 0.250. The third kappa shape index (κ3) is 4.68. The molecule has 0 bridgehead atoms. The molecule has 2 rings (SSSR count). The van der Waals surface area contributed by atoms with Crippen LogP contribution in [-0.2, 0) is 16.6 Å². The molecular formula is C16H20N4O4S. The van der Waals surface area contributed by atoms with Crippen LogP contribution in [0.15, 0.2) is 41.3 Å². The summed E-state index contributed by atoms with van der Waals surface area (Å²) in [6.45, 7) is 2.36. The Balaban J connectivity index is 2.29. The Bertz CT molecular complexity index is 910. The van der Waals surface area contributed by atoms with Crippen molar-refractivity contribution in [1.82, 2.24) is 0 Å². The molecule has 0 saturated heterocycles. The molecule has 0 fully saturated rings. The number of primary sulfonamides is 1. The van der Waals surface area contributed by atoms with Gasteiger partial charge in [0.1, 0.15) is 0 Å². The van der Waals surface area contributed by atoms with Gasteiger partial charge in [0.05, 0.1) is 9.82 Å². The van der Waals surface area contributed by atoms with Gasteiger partial charge >= 0.3 is 0 Å². The van der Waals surface area contributed by atoms with E-state index < -0.39 is 14.9 Å². The Kier molecular flexibility index (Phi) is 5.29. The van der Waals surface area contributed by atoms with Crippen LogP contribution in [0, 0.1) is 17.0 Å². The van der Waals surface area contributed by atoms with E-state index >= 15 is 0 Å². The van der Waals surface area contributed by atoms with Crippen LogP contribution in [-0.4, -0.2) is 27.4 Å². The van der Waals surface area contributed by atoms with E-state index in [2.05, 4.69) is 5.32 Å². The van der Waals surface area contributed by atoms with E-state index in [1.807, 2.05) is 44.1 Å². The Morgan fingerprint density at radius 1 is 1.20 bits per heavy atom. The normalized spacial score (nSPS) is 11.2. The van der Waals surface area contributed by atoms with Crippen molar-refractivity contribution in [2.45, 2.75) is 18.4 Å². The fourth-order valence-corrected chi connectivity index (χ4v) is 2.89. The van der Waals surface area contributed by atoms with Gasteiger partial charge in [-0.1, -0.05) is 6.07 Å². The van der Waals surface area contributed by atoms with Crippen LogP contribution in [0.25, 0.3) is 0 Å². The summed E-state index contributed by atoms with van der Waals surface area (Å²) in [4.78, 5) is 12.0. The van der Waals surface area contributed by atoms with Gasteiger partial charge in [-0.3, -0.25) is 10.1 Å². The molecule has 0 amide bonds. The van der Waals surface area contributed by atoms with Crippen molar-refractivity contribution < 1.29 is 13.3 Å². The number of benzene rings is 2. The van der Waals surface area contributed by atoms with Gasteiger partial charge in [0, 0.05) is 44.1 Å². The molecule has 0 radical (unpaired) electrons. The minimum atomic E-state index is -4.04. The summed E-state index contributed by atoms with van der Waals surface area (Å²) in [5, 5.41) is 19.1. The van der Waals surface area contributed by atoms with Crippen LogP contribution in [0.1, 0.15) is 11.1 Å². The van der Waals surface area contributed by atoms with Crippen LogP contribution in [0.4, 0.5) is 17.1 Å². The van der Waals surface area contributed by atoms with E-state index in [1.54, 1.807) is 0 Å². The molecule has 0 atom stereocenters. The van der Waals surface area contributed by atoms with Gasteiger partial charge in [-0.05, 0) is 36.2 Å². The molecule has 0 unspecified atom stereocenters. The van der Waals surface area contributed by atoms with Gasteiger partial charge in [0.25, 0.3) is 5.69 Å². The van der Waals surface area contributed by atoms with Gasteiger partial charge < -0.3 is 10.2 Å². The second-order valence-corrected chi connectivity index (χ2v) is 7.44. The third-order valence-corrected chi connectivity index (χ3v) is 4.65. The summed E-state index contributed by atoms with van der Waals surface area (Å²) < 4.78 is 23.0. The van der Waals surface area contributed by atoms with Crippen LogP contribution < -0.4 is 15.4 Å². The molecule has 0 aliphatic heterocycles. The first kappa shape index (κ1) is 18.7. The molecule has 0 aromatic heterocycles. The van der Waals surface area contributed by atoms with Crippen molar-refractivity contribution >= 4 is 27.1 Å². The molecule has 0 aliphatic carbocycles. The number of aryl methyl sites for hydroxylation is 1. The first-order chi connectivity index (χ1) is 11.6. The van der Waals surface area contributed by atoms with Gasteiger partial charge in [0.15, 0.2) is 0 Å². The average molecular weight is 364 g/mol. The quantitative estimate of drug-likeness (QED) is 0.599. The third-order valence-electron chi connectivity index (χ3n) is 3.76. The van der Waals surface area contributed by atoms with Crippen molar-refractivity contribution in [3.8, 4) is 0 Å². The minimum absolute atomic E-state index is 0.302. The van der Waals surface area contributed by atoms with Crippen LogP contribution in [0.2, 0.25) is 0 Å². The first-order valence-electron chi connectivity index (χ1n) is 7.41. The lowest BCUT2D eigenvalue weighted by Gasteiger charge is -2.16. The molecule has 8 nitrogen and oxygen atoms in total. The van der Waals surface area contributed by atoms with E-state index in [9.17, 15) is 18.5 Å². The molecule has 25 heavy (non-hydrogen) atoms. The van der Waals surface area contributed by atoms with Crippen LogP contribution >= 0.6 is 0 Å². The summed E-state index contributed by atoms with van der Waals surface area (Å²) in [5.74, 6) is 0. The maximum Gasteiger partial charge on any atom is 0.272 e. The Hall–Kier alpha value is -2.65. The highest BCUT2D eigenvalue weighted by molar-refractivity contribution is 7.89. The summed E-state index contributed by atoms with van der Waals surface area (Å²) in [6.07, 6.45) is 0. The van der Waals surface area contributed by atoms with E-state index in [4.69, 9.17) is 5.14 Å². The predicted molar refractivity (Wildman–Crippen MR) is 97.3 cm³/mol. The number of nitrogens with two attached hydrogens (primary N) is 1. The molecule has 2 aromatic rings. The Labute approximate surface area is 146 Å². The number of nitrogens with zero attached hydrogens (tertiary/aromatic N) is 2. The van der Waals surface area contributed by atoms with Crippen molar-refractivity contribution in [2.75, 3.05) is 24.3 Å². The Morgan fingerprint density at radius 2 is 1.88 bits per heavy atom. The largest absolute Gasteiger partial charge is 0.381 e. The molecule has 9 heteroatoms. The molecule has 134 valence electrons. The van der Waals surface area contributed by atoms with Gasteiger partial charge in [-0.15, -0.1) is 0 Å². The number of sulfonamides is 1. The number of hydrogen-bond donors (Lipinski definition) is 2. The maximum atomic E-state index is 11.5. The van der Waals surface area contributed by atoms with Crippen molar-refractivity contribution in [3.63, 3.8) is 0 Å². The minimum Gasteiger partial charge on any atom is -0.381 e. The monoisotopic (exact) mass is 364 g/mol. The zero-order valence-corrected chi connectivity index (χ0v) is 15.0.